The van der Waals surface area contributed by atoms with Crippen molar-refractivity contribution in [2.24, 2.45) is 11.8 Å². The third-order valence-corrected chi connectivity index (χ3v) is 6.74. The van der Waals surface area contributed by atoms with Crippen LogP contribution in [0.4, 0.5) is 0 Å². The van der Waals surface area contributed by atoms with Gasteiger partial charge in [0.15, 0.2) is 0 Å². The van der Waals surface area contributed by atoms with Gasteiger partial charge in [-0.1, -0.05) is 19.3 Å². The number of ether oxygens (including phenoxy) is 2. The van der Waals surface area contributed by atoms with E-state index in [4.69, 9.17) is 19.0 Å². The summed E-state index contributed by atoms with van der Waals surface area (Å²) in [6.45, 7) is 4.58. The van der Waals surface area contributed by atoms with Gasteiger partial charge in [-0.15, -0.1) is 0 Å². The number of hydrogen-bond acceptors (Lipinski definition) is 7. The fourth-order valence-corrected chi connectivity index (χ4v) is 4.75. The van der Waals surface area contributed by atoms with Crippen LogP contribution in [-0.4, -0.2) is 38.7 Å². The van der Waals surface area contributed by atoms with Crippen LogP contribution in [0.15, 0.2) is 22.7 Å². The number of carboxylic acids is 1. The first-order valence-corrected chi connectivity index (χ1v) is 11.7. The molecule has 0 bridgehead atoms. The molecule has 174 valence electrons. The first kappa shape index (κ1) is 21.7. The van der Waals surface area contributed by atoms with Crippen LogP contribution in [0.3, 0.4) is 0 Å². The fourth-order valence-electron chi connectivity index (χ4n) is 4.75. The van der Waals surface area contributed by atoms with Gasteiger partial charge in [0.05, 0.1) is 18.7 Å². The van der Waals surface area contributed by atoms with Crippen LogP contribution >= 0.6 is 0 Å². The third kappa shape index (κ3) is 4.65. The number of aromatic nitrogens is 3. The minimum atomic E-state index is -0.750. The van der Waals surface area contributed by atoms with Crippen molar-refractivity contribution >= 4 is 17.2 Å². The average molecular weight is 452 g/mol. The smallest absolute Gasteiger partial charge is 0.319 e. The molecule has 0 unspecified atom stereocenters. The SMILES string of the molecule is Cc1cc(-c2nc3cnc(OCC4CCCCC4)nc3o2)cc(C)c1OC1CC(C(=O)O)C1. The number of benzene rings is 1. The van der Waals surface area contributed by atoms with E-state index in [9.17, 15) is 4.79 Å². The molecule has 2 heterocycles. The van der Waals surface area contributed by atoms with Gasteiger partial charge in [-0.05, 0) is 68.7 Å². The van der Waals surface area contributed by atoms with E-state index in [0.29, 0.717) is 48.5 Å². The molecule has 2 fully saturated rings. The van der Waals surface area contributed by atoms with Crippen LogP contribution in [0.5, 0.6) is 11.8 Å². The van der Waals surface area contributed by atoms with Gasteiger partial charge in [-0.2, -0.15) is 4.98 Å². The van der Waals surface area contributed by atoms with Crippen molar-refractivity contribution < 1.29 is 23.8 Å². The Bertz CT molecular complexity index is 1140. The summed E-state index contributed by atoms with van der Waals surface area (Å²) in [5.74, 6) is 0.787. The summed E-state index contributed by atoms with van der Waals surface area (Å²) < 4.78 is 17.9. The number of nitrogens with zero attached hydrogens (tertiary/aromatic N) is 3. The van der Waals surface area contributed by atoms with Gasteiger partial charge in [0, 0.05) is 5.56 Å². The number of aliphatic carboxylic acids is 1. The summed E-state index contributed by atoms with van der Waals surface area (Å²) in [4.78, 5) is 24.3. The quantitative estimate of drug-likeness (QED) is 0.528. The topological polar surface area (TPSA) is 108 Å². The van der Waals surface area contributed by atoms with Crippen LogP contribution in [0, 0.1) is 25.7 Å². The molecule has 3 aromatic rings. The fraction of sp³-hybridized carbons (Fsp3) is 0.520. The second-order valence-electron chi connectivity index (χ2n) is 9.36. The van der Waals surface area contributed by atoms with E-state index in [1.54, 1.807) is 6.20 Å². The summed E-state index contributed by atoms with van der Waals surface area (Å²) in [5, 5.41) is 9.07. The second kappa shape index (κ2) is 9.00. The molecule has 2 aliphatic rings. The molecule has 0 amide bonds. The predicted octanol–water partition coefficient (Wildman–Crippen LogP) is 5.10. The summed E-state index contributed by atoms with van der Waals surface area (Å²) in [6.07, 6.45) is 8.94. The van der Waals surface area contributed by atoms with Crippen molar-refractivity contribution in [3.63, 3.8) is 0 Å². The van der Waals surface area contributed by atoms with Gasteiger partial charge >= 0.3 is 12.0 Å². The van der Waals surface area contributed by atoms with Gasteiger partial charge in [-0.25, -0.2) is 9.97 Å². The van der Waals surface area contributed by atoms with Crippen molar-refractivity contribution in [1.29, 1.82) is 0 Å². The molecule has 1 N–H and O–H groups in total. The molecule has 2 aliphatic carbocycles. The largest absolute Gasteiger partial charge is 0.490 e. The van der Waals surface area contributed by atoms with E-state index in [2.05, 4.69) is 15.0 Å². The Kier molecular flexibility index (Phi) is 5.91. The monoisotopic (exact) mass is 451 g/mol. The maximum atomic E-state index is 11.0. The highest BCUT2D eigenvalue weighted by Crippen LogP contribution is 2.36. The highest BCUT2D eigenvalue weighted by atomic mass is 16.5. The van der Waals surface area contributed by atoms with E-state index in [1.807, 2.05) is 26.0 Å². The zero-order valence-corrected chi connectivity index (χ0v) is 19.0. The second-order valence-corrected chi connectivity index (χ2v) is 9.36. The molecule has 8 heteroatoms. The Morgan fingerprint density at radius 3 is 2.55 bits per heavy atom. The van der Waals surface area contributed by atoms with E-state index in [1.165, 1.54) is 32.1 Å². The summed E-state index contributed by atoms with van der Waals surface area (Å²) >= 11 is 0. The van der Waals surface area contributed by atoms with Crippen molar-refractivity contribution in [2.45, 2.75) is 64.9 Å². The zero-order valence-electron chi connectivity index (χ0n) is 19.0. The molecule has 5 rings (SSSR count). The van der Waals surface area contributed by atoms with Crippen LogP contribution in [0.25, 0.3) is 22.7 Å². The van der Waals surface area contributed by atoms with E-state index < -0.39 is 5.97 Å². The molecule has 0 spiro atoms. The first-order valence-electron chi connectivity index (χ1n) is 11.7. The first-order chi connectivity index (χ1) is 16.0. The molecule has 0 aliphatic heterocycles. The number of fused-ring (bicyclic) bond motifs is 1. The van der Waals surface area contributed by atoms with Gasteiger partial charge in [0.25, 0.3) is 5.71 Å². The number of carboxylic acid groups (broad SMARTS) is 1. The van der Waals surface area contributed by atoms with Gasteiger partial charge in [0.2, 0.25) is 5.89 Å². The molecule has 0 atom stereocenters. The standard InChI is InChI=1S/C25H29N3O5/c1-14-8-17(9-15(2)21(14)32-19-10-18(11-19)24(29)30)22-27-20-12-26-25(28-23(20)33-22)31-13-16-6-4-3-5-7-16/h8-9,12,16,18-19H,3-7,10-11,13H2,1-2H3,(H,29,30). The van der Waals surface area contributed by atoms with Gasteiger partial charge in [-0.3, -0.25) is 4.79 Å². The summed E-state index contributed by atoms with van der Waals surface area (Å²) in [6, 6.07) is 4.26. The van der Waals surface area contributed by atoms with Crippen molar-refractivity contribution in [1.82, 2.24) is 15.0 Å². The lowest BCUT2D eigenvalue weighted by Gasteiger charge is -2.33. The maximum Gasteiger partial charge on any atom is 0.319 e. The summed E-state index contributed by atoms with van der Waals surface area (Å²) in [7, 11) is 0. The Hall–Kier alpha value is -3.16. The van der Waals surface area contributed by atoms with Gasteiger partial charge in [0.1, 0.15) is 17.4 Å². The van der Waals surface area contributed by atoms with Crippen LogP contribution < -0.4 is 9.47 Å². The van der Waals surface area contributed by atoms with Crippen molar-refractivity contribution in [2.75, 3.05) is 6.61 Å². The Balaban J connectivity index is 1.29. The Morgan fingerprint density at radius 2 is 1.85 bits per heavy atom. The number of rotatable bonds is 7. The lowest BCUT2D eigenvalue weighted by Crippen LogP contribution is -2.38. The highest BCUT2D eigenvalue weighted by Gasteiger charge is 2.36. The van der Waals surface area contributed by atoms with Crippen LogP contribution in [0.1, 0.15) is 56.1 Å². The highest BCUT2D eigenvalue weighted by molar-refractivity contribution is 5.73. The minimum Gasteiger partial charge on any atom is -0.490 e. The molecule has 2 saturated carbocycles. The van der Waals surface area contributed by atoms with E-state index in [-0.39, 0.29) is 12.0 Å². The lowest BCUT2D eigenvalue weighted by molar-refractivity contribution is -0.147. The Morgan fingerprint density at radius 1 is 1.12 bits per heavy atom. The molecular formula is C25H29N3O5. The lowest BCUT2D eigenvalue weighted by atomic mass is 9.82. The molecule has 0 radical (unpaired) electrons. The maximum absolute atomic E-state index is 11.0. The zero-order chi connectivity index (χ0) is 22.9. The molecule has 2 aromatic heterocycles. The van der Waals surface area contributed by atoms with Crippen molar-refractivity contribution in [3.05, 3.63) is 29.5 Å². The van der Waals surface area contributed by atoms with E-state index in [0.717, 1.165) is 22.4 Å². The molecular weight excluding hydrogens is 422 g/mol. The number of oxazole rings is 1. The Labute approximate surface area is 192 Å². The van der Waals surface area contributed by atoms with E-state index >= 15 is 0 Å². The molecule has 33 heavy (non-hydrogen) atoms. The molecule has 8 nitrogen and oxygen atoms in total. The summed E-state index contributed by atoms with van der Waals surface area (Å²) in [5.41, 5.74) is 3.72. The molecule has 0 saturated heterocycles. The minimum absolute atomic E-state index is 0.0546. The number of carbonyl (C=O) groups is 1. The molecule has 1 aromatic carbocycles. The van der Waals surface area contributed by atoms with Crippen LogP contribution in [-0.2, 0) is 4.79 Å². The number of aryl methyl sites for hydroxylation is 2. The predicted molar refractivity (Wildman–Crippen MR) is 121 cm³/mol. The third-order valence-electron chi connectivity index (χ3n) is 6.74. The van der Waals surface area contributed by atoms with Crippen LogP contribution in [0.2, 0.25) is 0 Å². The average Bonchev–Trinajstić information content (AvgIpc) is 3.19. The number of hydrogen-bond donors (Lipinski definition) is 1. The normalized spacial score (nSPS) is 21.0. The van der Waals surface area contributed by atoms with Gasteiger partial charge < -0.3 is 19.0 Å². The van der Waals surface area contributed by atoms with Crippen molar-refractivity contribution in [3.8, 4) is 23.2 Å².